The molecule has 0 heterocycles. The molecule has 4 rings (SSSR count). The number of nitrogens with one attached hydrogen (secondary N) is 1. The molecular weight excluding hydrogens is 438 g/mol. The van der Waals surface area contributed by atoms with Crippen LogP contribution < -0.4 is 16.8 Å². The van der Waals surface area contributed by atoms with Crippen LogP contribution in [0.4, 0.5) is 17.1 Å². The first-order valence-corrected chi connectivity index (χ1v) is 9.91. The number of carboxylic acid groups (broad SMARTS) is 2. The molecule has 34 heavy (non-hydrogen) atoms. The van der Waals surface area contributed by atoms with Crippen molar-refractivity contribution in [3.8, 4) is 5.75 Å². The predicted octanol–water partition coefficient (Wildman–Crippen LogP) is 4.05. The van der Waals surface area contributed by atoms with Gasteiger partial charge in [-0.3, -0.25) is 4.79 Å². The average molecular weight is 459 g/mol. The van der Waals surface area contributed by atoms with Crippen LogP contribution in [-0.4, -0.2) is 33.2 Å². The molecule has 4 aromatic rings. The molecule has 0 aliphatic heterocycles. The summed E-state index contributed by atoms with van der Waals surface area (Å²) in [6, 6.07) is 21.5. The summed E-state index contributed by atoms with van der Waals surface area (Å²) < 4.78 is 0. The first-order chi connectivity index (χ1) is 16.2. The van der Waals surface area contributed by atoms with E-state index >= 15 is 0 Å². The van der Waals surface area contributed by atoms with Gasteiger partial charge in [-0.25, -0.2) is 9.59 Å². The lowest BCUT2D eigenvalue weighted by Gasteiger charge is -2.11. The number of phenolic OH excluding ortho intramolecular Hbond substituents is 1. The van der Waals surface area contributed by atoms with Crippen LogP contribution in [0.5, 0.6) is 5.75 Å². The lowest BCUT2D eigenvalue weighted by atomic mass is 10.0. The molecule has 0 aliphatic rings. The Morgan fingerprint density at radius 2 is 1.29 bits per heavy atom. The number of aromatic carboxylic acids is 2. The van der Waals surface area contributed by atoms with Gasteiger partial charge in [0.05, 0.1) is 22.4 Å². The summed E-state index contributed by atoms with van der Waals surface area (Å²) in [5.41, 5.74) is 12.1. The highest BCUT2D eigenvalue weighted by molar-refractivity contribution is 6.11. The summed E-state index contributed by atoms with van der Waals surface area (Å²) in [7, 11) is 0. The predicted molar refractivity (Wildman–Crippen MR) is 129 cm³/mol. The number of fused-ring (bicyclic) bond motifs is 1. The Bertz CT molecular complexity index is 1350. The maximum atomic E-state index is 12.3. The van der Waals surface area contributed by atoms with Gasteiger partial charge < -0.3 is 32.1 Å². The van der Waals surface area contributed by atoms with Gasteiger partial charge in [-0.2, -0.15) is 0 Å². The molecule has 0 aromatic heterocycles. The van der Waals surface area contributed by atoms with Crippen molar-refractivity contribution in [3.63, 3.8) is 0 Å². The molecule has 0 saturated heterocycles. The third-order valence-electron chi connectivity index (χ3n) is 4.79. The second-order valence-electron chi connectivity index (χ2n) is 7.18. The van der Waals surface area contributed by atoms with Gasteiger partial charge in [-0.05, 0) is 41.8 Å². The molecule has 8 N–H and O–H groups in total. The summed E-state index contributed by atoms with van der Waals surface area (Å²) in [5, 5.41) is 31.6. The second-order valence-corrected chi connectivity index (χ2v) is 7.18. The standard InChI is InChI=1S/C17H14N2O2.C8H7NO4/c18-15-13-9-5-4-6-11(13)10-14(16(15)20)17(21)19-12-7-2-1-3-8-12;9-6-2-4(7(10)11)1-5(3-6)8(12)13/h1-10,20H,18H2,(H,19,21);1-3H,9H2,(H,10,11)(H,12,13). The van der Waals surface area contributed by atoms with Crippen LogP contribution in [0.1, 0.15) is 31.1 Å². The number of para-hydroxylation sites is 1. The third-order valence-corrected chi connectivity index (χ3v) is 4.79. The van der Waals surface area contributed by atoms with Crippen molar-refractivity contribution in [1.29, 1.82) is 0 Å². The summed E-state index contributed by atoms with van der Waals surface area (Å²) in [5.74, 6) is -2.98. The van der Waals surface area contributed by atoms with E-state index in [1.54, 1.807) is 18.2 Å². The summed E-state index contributed by atoms with van der Waals surface area (Å²) in [4.78, 5) is 33.3. The minimum Gasteiger partial charge on any atom is -0.505 e. The number of nitrogens with two attached hydrogens (primary N) is 2. The van der Waals surface area contributed by atoms with Gasteiger partial charge in [0, 0.05) is 16.8 Å². The van der Waals surface area contributed by atoms with E-state index in [-0.39, 0.29) is 33.8 Å². The number of benzene rings is 4. The van der Waals surface area contributed by atoms with E-state index in [1.807, 2.05) is 42.5 Å². The number of anilines is 3. The van der Waals surface area contributed by atoms with E-state index in [9.17, 15) is 19.5 Å². The second kappa shape index (κ2) is 10.0. The van der Waals surface area contributed by atoms with E-state index < -0.39 is 17.8 Å². The number of phenols is 1. The van der Waals surface area contributed by atoms with E-state index in [1.165, 1.54) is 12.1 Å². The van der Waals surface area contributed by atoms with Gasteiger partial charge in [0.25, 0.3) is 5.91 Å². The topological polar surface area (TPSA) is 176 Å². The maximum absolute atomic E-state index is 12.3. The zero-order chi connectivity index (χ0) is 24.8. The van der Waals surface area contributed by atoms with Gasteiger partial charge in [0.2, 0.25) is 0 Å². The monoisotopic (exact) mass is 459 g/mol. The van der Waals surface area contributed by atoms with Gasteiger partial charge in [0.1, 0.15) is 0 Å². The van der Waals surface area contributed by atoms with Crippen molar-refractivity contribution in [2.45, 2.75) is 0 Å². The zero-order valence-corrected chi connectivity index (χ0v) is 17.7. The molecule has 0 aliphatic carbocycles. The lowest BCUT2D eigenvalue weighted by Crippen LogP contribution is -2.12. The molecule has 9 heteroatoms. The fourth-order valence-corrected chi connectivity index (χ4v) is 3.16. The molecule has 4 aromatic carbocycles. The molecule has 0 atom stereocenters. The fourth-order valence-electron chi connectivity index (χ4n) is 3.16. The van der Waals surface area contributed by atoms with Crippen LogP contribution in [-0.2, 0) is 0 Å². The number of carbonyl (C=O) groups is 3. The van der Waals surface area contributed by atoms with Crippen molar-refractivity contribution in [1.82, 2.24) is 0 Å². The molecule has 0 bridgehead atoms. The molecule has 172 valence electrons. The van der Waals surface area contributed by atoms with Crippen molar-refractivity contribution >= 4 is 45.7 Å². The van der Waals surface area contributed by atoms with Gasteiger partial charge >= 0.3 is 11.9 Å². The van der Waals surface area contributed by atoms with Crippen LogP contribution in [0.2, 0.25) is 0 Å². The fraction of sp³-hybridized carbons (Fsp3) is 0. The molecule has 0 saturated carbocycles. The highest BCUT2D eigenvalue weighted by Gasteiger charge is 2.16. The van der Waals surface area contributed by atoms with Crippen molar-refractivity contribution in [2.24, 2.45) is 0 Å². The third kappa shape index (κ3) is 5.40. The van der Waals surface area contributed by atoms with Crippen molar-refractivity contribution < 1.29 is 29.7 Å². The van der Waals surface area contributed by atoms with Gasteiger partial charge in [-0.1, -0.05) is 42.5 Å². The molecule has 0 fully saturated rings. The smallest absolute Gasteiger partial charge is 0.335 e. The minimum atomic E-state index is -1.20. The molecule has 0 spiro atoms. The Hall–Kier alpha value is -5.05. The highest BCUT2D eigenvalue weighted by atomic mass is 16.4. The van der Waals surface area contributed by atoms with Gasteiger partial charge in [-0.15, -0.1) is 0 Å². The number of carboxylic acids is 2. The maximum Gasteiger partial charge on any atom is 0.335 e. The van der Waals surface area contributed by atoms with Crippen LogP contribution in [0.25, 0.3) is 10.8 Å². The Morgan fingerprint density at radius 1 is 0.735 bits per heavy atom. The SMILES string of the molecule is Nc1c(O)c(C(=O)Nc2ccccc2)cc2ccccc12.Nc1cc(C(=O)O)cc(C(=O)O)c1. The quantitative estimate of drug-likeness (QED) is 0.196. The minimum absolute atomic E-state index is 0.123. The Kier molecular flexibility index (Phi) is 6.98. The highest BCUT2D eigenvalue weighted by Crippen LogP contribution is 2.33. The Morgan fingerprint density at radius 3 is 1.88 bits per heavy atom. The van der Waals surface area contributed by atoms with Crippen molar-refractivity contribution in [2.75, 3.05) is 16.8 Å². The normalized spacial score (nSPS) is 10.1. The average Bonchev–Trinajstić information content (AvgIpc) is 2.82. The number of hydrogen-bond acceptors (Lipinski definition) is 6. The Labute approximate surface area is 193 Å². The number of nitrogen functional groups attached to an aromatic ring is 2. The van der Waals surface area contributed by atoms with Crippen LogP contribution >= 0.6 is 0 Å². The number of carbonyl (C=O) groups excluding carboxylic acids is 1. The zero-order valence-electron chi connectivity index (χ0n) is 17.7. The van der Waals surface area contributed by atoms with E-state index in [2.05, 4.69) is 5.32 Å². The molecule has 9 nitrogen and oxygen atoms in total. The van der Waals surface area contributed by atoms with E-state index in [0.717, 1.165) is 16.8 Å². The summed E-state index contributed by atoms with van der Waals surface area (Å²) in [6.07, 6.45) is 0. The summed E-state index contributed by atoms with van der Waals surface area (Å²) >= 11 is 0. The first-order valence-electron chi connectivity index (χ1n) is 9.91. The molecular formula is C25H21N3O6. The van der Waals surface area contributed by atoms with Crippen LogP contribution in [0.3, 0.4) is 0 Å². The number of hydrogen-bond donors (Lipinski definition) is 6. The lowest BCUT2D eigenvalue weighted by molar-refractivity contribution is 0.0696. The number of aromatic hydroxyl groups is 1. The molecule has 1 amide bonds. The van der Waals surface area contributed by atoms with E-state index in [0.29, 0.717) is 5.69 Å². The number of rotatable bonds is 4. The largest absolute Gasteiger partial charge is 0.505 e. The first kappa shape index (κ1) is 23.6. The van der Waals surface area contributed by atoms with E-state index in [4.69, 9.17) is 21.7 Å². The van der Waals surface area contributed by atoms with Crippen LogP contribution in [0, 0.1) is 0 Å². The van der Waals surface area contributed by atoms with Gasteiger partial charge in [0.15, 0.2) is 5.75 Å². The summed E-state index contributed by atoms with van der Waals surface area (Å²) in [6.45, 7) is 0. The van der Waals surface area contributed by atoms with Crippen LogP contribution in [0.15, 0.2) is 78.9 Å². The number of amides is 1. The Balaban J connectivity index is 0.000000215. The molecule has 0 radical (unpaired) electrons. The van der Waals surface area contributed by atoms with Crippen molar-refractivity contribution in [3.05, 3.63) is 95.6 Å². The molecule has 0 unspecified atom stereocenters.